The van der Waals surface area contributed by atoms with Gasteiger partial charge in [0.05, 0.1) is 6.54 Å². The Hall–Kier alpha value is -1.14. The maximum absolute atomic E-state index is 4.20. The average Bonchev–Trinajstić information content (AvgIpc) is 2.74. The smallest absolute Gasteiger partial charge is 0.146 e. The van der Waals surface area contributed by atoms with Crippen LogP contribution in [0.25, 0.3) is 0 Å². The van der Waals surface area contributed by atoms with Crippen molar-refractivity contribution in [2.75, 3.05) is 17.7 Å². The number of hydrogen-bond donors (Lipinski definition) is 2. The number of aryl methyl sites for hydroxylation is 1. The number of rotatable bonds is 4. The summed E-state index contributed by atoms with van der Waals surface area (Å²) in [5, 5.41) is 6.29. The van der Waals surface area contributed by atoms with Crippen molar-refractivity contribution < 1.29 is 0 Å². The van der Waals surface area contributed by atoms with E-state index in [-0.39, 0.29) is 0 Å². The van der Waals surface area contributed by atoms with Gasteiger partial charge in [-0.2, -0.15) is 0 Å². The molecule has 0 saturated heterocycles. The lowest BCUT2D eigenvalue weighted by Gasteiger charge is -2.08. The third kappa shape index (κ3) is 2.95. The van der Waals surface area contributed by atoms with Crippen LogP contribution in [0.2, 0.25) is 0 Å². The summed E-state index contributed by atoms with van der Waals surface area (Å²) in [5.41, 5.74) is 0. The fourth-order valence-corrected chi connectivity index (χ4v) is 2.79. The largest absolute Gasteiger partial charge is 0.372 e. The van der Waals surface area contributed by atoms with E-state index in [0.29, 0.717) is 0 Å². The molecule has 0 unspecified atom stereocenters. The van der Waals surface area contributed by atoms with Gasteiger partial charge in [0.2, 0.25) is 0 Å². The van der Waals surface area contributed by atoms with Gasteiger partial charge in [-0.15, -0.1) is 11.3 Å². The minimum absolute atomic E-state index is 0.775. The Morgan fingerprint density at radius 1 is 1.29 bits per heavy atom. The van der Waals surface area contributed by atoms with Crippen LogP contribution in [0.3, 0.4) is 0 Å². The van der Waals surface area contributed by atoms with E-state index in [1.54, 1.807) is 17.7 Å². The first-order valence-electron chi connectivity index (χ1n) is 5.18. The molecule has 17 heavy (non-hydrogen) atoms. The molecule has 0 atom stereocenters. The van der Waals surface area contributed by atoms with Crippen LogP contribution in [0.15, 0.2) is 22.9 Å². The number of halogens is 1. The quantitative estimate of drug-likeness (QED) is 0.909. The molecule has 0 spiro atoms. The van der Waals surface area contributed by atoms with Crippen molar-refractivity contribution in [2.45, 2.75) is 13.5 Å². The first-order valence-corrected chi connectivity index (χ1v) is 6.79. The zero-order chi connectivity index (χ0) is 12.3. The van der Waals surface area contributed by atoms with Crippen molar-refractivity contribution >= 4 is 38.9 Å². The zero-order valence-corrected chi connectivity index (χ0v) is 12.0. The summed E-state index contributed by atoms with van der Waals surface area (Å²) in [6.07, 6.45) is 1.54. The molecule has 0 aliphatic carbocycles. The molecule has 90 valence electrons. The Balaban J connectivity index is 2.09. The van der Waals surface area contributed by atoms with Gasteiger partial charge in [-0.25, -0.2) is 9.97 Å². The second-order valence-corrected chi connectivity index (χ2v) is 5.67. The lowest BCUT2D eigenvalue weighted by atomic mass is 10.4. The van der Waals surface area contributed by atoms with Crippen LogP contribution in [0, 0.1) is 6.92 Å². The van der Waals surface area contributed by atoms with Crippen molar-refractivity contribution in [3.63, 3.8) is 0 Å². The van der Waals surface area contributed by atoms with Crippen molar-refractivity contribution in [1.29, 1.82) is 0 Å². The number of anilines is 2. The van der Waals surface area contributed by atoms with Crippen LogP contribution in [0.1, 0.15) is 9.75 Å². The number of nitrogens with one attached hydrogen (secondary N) is 2. The Kier molecular flexibility index (Phi) is 3.96. The Bertz CT molecular complexity index is 512. The van der Waals surface area contributed by atoms with E-state index in [9.17, 15) is 0 Å². The first-order chi connectivity index (χ1) is 8.20. The second kappa shape index (κ2) is 5.46. The molecule has 0 amide bonds. The molecule has 2 rings (SSSR count). The molecule has 0 aliphatic rings. The molecule has 2 heterocycles. The topological polar surface area (TPSA) is 49.8 Å². The summed E-state index contributed by atoms with van der Waals surface area (Å²) in [6.45, 7) is 2.88. The maximum Gasteiger partial charge on any atom is 0.146 e. The van der Waals surface area contributed by atoms with Gasteiger partial charge >= 0.3 is 0 Å². The monoisotopic (exact) mass is 312 g/mol. The molecule has 0 saturated carbocycles. The van der Waals surface area contributed by atoms with Crippen LogP contribution in [-0.2, 0) is 6.54 Å². The van der Waals surface area contributed by atoms with E-state index in [1.807, 2.05) is 7.05 Å². The van der Waals surface area contributed by atoms with E-state index >= 15 is 0 Å². The molecule has 2 aromatic rings. The highest BCUT2D eigenvalue weighted by Gasteiger charge is 2.07. The van der Waals surface area contributed by atoms with E-state index in [1.165, 1.54) is 9.75 Å². The molecular formula is C11H13BrN4S. The molecular weight excluding hydrogens is 300 g/mol. The first kappa shape index (κ1) is 12.3. The van der Waals surface area contributed by atoms with Gasteiger partial charge in [0.25, 0.3) is 0 Å². The predicted molar refractivity (Wildman–Crippen MR) is 75.7 cm³/mol. The molecule has 0 aromatic carbocycles. The summed E-state index contributed by atoms with van der Waals surface area (Å²) >= 11 is 5.26. The second-order valence-electron chi connectivity index (χ2n) is 3.50. The van der Waals surface area contributed by atoms with Gasteiger partial charge in [-0.1, -0.05) is 0 Å². The van der Waals surface area contributed by atoms with E-state index in [0.717, 1.165) is 22.7 Å². The Morgan fingerprint density at radius 3 is 2.71 bits per heavy atom. The normalized spacial score (nSPS) is 10.3. The van der Waals surface area contributed by atoms with Gasteiger partial charge in [-0.3, -0.25) is 0 Å². The van der Waals surface area contributed by atoms with Crippen molar-refractivity contribution in [3.05, 3.63) is 32.7 Å². The maximum atomic E-state index is 4.20. The van der Waals surface area contributed by atoms with E-state index < -0.39 is 0 Å². The van der Waals surface area contributed by atoms with Crippen LogP contribution in [0.5, 0.6) is 0 Å². The van der Waals surface area contributed by atoms with Crippen molar-refractivity contribution in [1.82, 2.24) is 9.97 Å². The number of nitrogens with zero attached hydrogens (tertiary/aromatic N) is 2. The number of aromatic nitrogens is 2. The highest BCUT2D eigenvalue weighted by molar-refractivity contribution is 9.10. The molecule has 0 bridgehead atoms. The minimum Gasteiger partial charge on any atom is -0.372 e. The Labute approximate surface area is 113 Å². The molecule has 0 aliphatic heterocycles. The van der Waals surface area contributed by atoms with Crippen LogP contribution in [0.4, 0.5) is 11.6 Å². The fraction of sp³-hybridized carbons (Fsp3) is 0.273. The summed E-state index contributed by atoms with van der Waals surface area (Å²) in [5.74, 6) is 1.58. The van der Waals surface area contributed by atoms with Gasteiger partial charge in [-0.05, 0) is 35.0 Å². The molecule has 4 nitrogen and oxygen atoms in total. The summed E-state index contributed by atoms with van der Waals surface area (Å²) in [6, 6.07) is 4.25. The van der Waals surface area contributed by atoms with E-state index in [2.05, 4.69) is 55.6 Å². The van der Waals surface area contributed by atoms with Gasteiger partial charge in [0.1, 0.15) is 22.4 Å². The number of hydrogen-bond acceptors (Lipinski definition) is 5. The highest BCUT2D eigenvalue weighted by Crippen LogP contribution is 2.26. The molecule has 0 fully saturated rings. The fourth-order valence-electron chi connectivity index (χ4n) is 1.42. The summed E-state index contributed by atoms with van der Waals surface area (Å²) < 4.78 is 0.857. The van der Waals surface area contributed by atoms with Crippen LogP contribution >= 0.6 is 27.3 Å². The van der Waals surface area contributed by atoms with Gasteiger partial charge in [0.15, 0.2) is 0 Å². The lowest BCUT2D eigenvalue weighted by molar-refractivity contribution is 1.08. The lowest BCUT2D eigenvalue weighted by Crippen LogP contribution is -2.03. The van der Waals surface area contributed by atoms with Crippen molar-refractivity contribution in [2.24, 2.45) is 0 Å². The zero-order valence-electron chi connectivity index (χ0n) is 9.62. The molecule has 2 N–H and O–H groups in total. The van der Waals surface area contributed by atoms with Gasteiger partial charge in [0, 0.05) is 16.8 Å². The molecule has 2 aromatic heterocycles. The van der Waals surface area contributed by atoms with Crippen molar-refractivity contribution in [3.8, 4) is 0 Å². The van der Waals surface area contributed by atoms with E-state index in [4.69, 9.17) is 0 Å². The highest BCUT2D eigenvalue weighted by atomic mass is 79.9. The minimum atomic E-state index is 0.775. The van der Waals surface area contributed by atoms with Crippen LogP contribution in [-0.4, -0.2) is 17.0 Å². The third-order valence-corrected chi connectivity index (χ3v) is 4.00. The standard InChI is InChI=1S/C11H13BrN4S/c1-7-3-4-8(17-7)5-14-11-9(12)10(13-2)15-6-16-11/h3-4,6H,5H2,1-2H3,(H2,13,14,15,16). The third-order valence-electron chi connectivity index (χ3n) is 2.25. The van der Waals surface area contributed by atoms with Crippen LogP contribution < -0.4 is 10.6 Å². The average molecular weight is 313 g/mol. The Morgan fingerprint density at radius 2 is 2.06 bits per heavy atom. The predicted octanol–water partition coefficient (Wildman–Crippen LogP) is 3.26. The van der Waals surface area contributed by atoms with Gasteiger partial charge < -0.3 is 10.6 Å². The SMILES string of the molecule is CNc1ncnc(NCc2ccc(C)s2)c1Br. The molecule has 6 heteroatoms. The number of thiophene rings is 1. The molecule has 0 radical (unpaired) electrons. The summed E-state index contributed by atoms with van der Waals surface area (Å²) in [4.78, 5) is 10.9. The summed E-state index contributed by atoms with van der Waals surface area (Å²) in [7, 11) is 1.83.